The number of nitrogens with zero attached hydrogens (tertiary/aromatic N) is 3. The van der Waals surface area contributed by atoms with Crippen LogP contribution in [-0.2, 0) is 23.9 Å². The van der Waals surface area contributed by atoms with Crippen molar-refractivity contribution in [3.8, 4) is 0 Å². The van der Waals surface area contributed by atoms with Crippen LogP contribution in [0.1, 0.15) is 60.8 Å². The first-order chi connectivity index (χ1) is 19.6. The number of anilines is 2. The normalized spacial score (nSPS) is 29.7. The second-order valence-electron chi connectivity index (χ2n) is 11.8. The molecule has 41 heavy (non-hydrogen) atoms. The molecule has 1 aromatic rings. The summed E-state index contributed by atoms with van der Waals surface area (Å²) >= 11 is 0. The van der Waals surface area contributed by atoms with Crippen LogP contribution >= 0.6 is 0 Å². The molecule has 4 rings (SSSR count). The number of ether oxygens (including phenoxy) is 2. The number of aliphatic hydroxyl groups is 1. The van der Waals surface area contributed by atoms with Crippen LogP contribution in [0.5, 0.6) is 0 Å². The number of carbonyl (C=O) groups is 3. The Bertz CT molecular complexity index is 1140. The second kappa shape index (κ2) is 12.1. The fourth-order valence-corrected chi connectivity index (χ4v) is 7.44. The van der Waals surface area contributed by atoms with Crippen molar-refractivity contribution in [1.29, 1.82) is 0 Å². The third-order valence-corrected chi connectivity index (χ3v) is 9.70. The van der Waals surface area contributed by atoms with Gasteiger partial charge in [-0.2, -0.15) is 0 Å². The molecule has 0 aromatic heterocycles. The third-order valence-electron chi connectivity index (χ3n) is 9.70. The van der Waals surface area contributed by atoms with Crippen molar-refractivity contribution in [1.82, 2.24) is 4.90 Å². The molecule has 226 valence electrons. The number of hydrogen-bond acceptors (Lipinski definition) is 7. The van der Waals surface area contributed by atoms with Crippen LogP contribution in [0.3, 0.4) is 0 Å². The lowest BCUT2D eigenvalue weighted by Gasteiger charge is -2.41. The molecule has 9 heteroatoms. The summed E-state index contributed by atoms with van der Waals surface area (Å²) < 4.78 is 12.1. The van der Waals surface area contributed by atoms with Gasteiger partial charge in [-0.25, -0.2) is 0 Å². The summed E-state index contributed by atoms with van der Waals surface area (Å²) in [4.78, 5) is 47.9. The third kappa shape index (κ3) is 4.95. The molecule has 1 aromatic carbocycles. The van der Waals surface area contributed by atoms with E-state index in [-0.39, 0.29) is 37.5 Å². The Kier molecular flexibility index (Phi) is 9.19. The first kappa shape index (κ1) is 31.0. The van der Waals surface area contributed by atoms with Gasteiger partial charge in [0.25, 0.3) is 5.91 Å². The van der Waals surface area contributed by atoms with Gasteiger partial charge in [0.05, 0.1) is 30.8 Å². The van der Waals surface area contributed by atoms with Crippen LogP contribution in [0, 0.1) is 17.8 Å². The van der Waals surface area contributed by atoms with Gasteiger partial charge in [0, 0.05) is 31.0 Å². The molecule has 9 nitrogen and oxygen atoms in total. The van der Waals surface area contributed by atoms with Crippen molar-refractivity contribution in [3.05, 3.63) is 36.9 Å². The first-order valence-corrected chi connectivity index (χ1v) is 15.2. The smallest absolute Gasteiger partial charge is 0.312 e. The monoisotopic (exact) mass is 569 g/mol. The van der Waals surface area contributed by atoms with Crippen molar-refractivity contribution in [2.24, 2.45) is 17.8 Å². The van der Waals surface area contributed by atoms with Gasteiger partial charge in [0.2, 0.25) is 5.91 Å². The lowest BCUT2D eigenvalue weighted by atomic mass is 9.66. The number of amides is 2. The summed E-state index contributed by atoms with van der Waals surface area (Å²) in [5.74, 6) is -2.84. The van der Waals surface area contributed by atoms with Crippen LogP contribution in [0.2, 0.25) is 0 Å². The predicted octanol–water partition coefficient (Wildman–Crippen LogP) is 3.79. The molecular weight excluding hydrogens is 522 g/mol. The first-order valence-electron chi connectivity index (χ1n) is 15.2. The zero-order valence-electron chi connectivity index (χ0n) is 25.5. The molecule has 2 unspecified atom stereocenters. The Hall–Kier alpha value is -2.91. The number of likely N-dealkylation sites (tertiary alicyclic amines) is 1. The molecule has 7 atom stereocenters. The molecule has 2 bridgehead atoms. The number of aliphatic hydroxyl groups excluding tert-OH is 1. The Morgan fingerprint density at radius 1 is 1.17 bits per heavy atom. The Morgan fingerprint density at radius 3 is 2.34 bits per heavy atom. The van der Waals surface area contributed by atoms with E-state index in [9.17, 15) is 19.5 Å². The van der Waals surface area contributed by atoms with E-state index < -0.39 is 41.1 Å². The Morgan fingerprint density at radius 2 is 1.80 bits per heavy atom. The summed E-state index contributed by atoms with van der Waals surface area (Å²) in [6.45, 7) is 17.5. The number of rotatable bonds is 13. The van der Waals surface area contributed by atoms with Gasteiger partial charge < -0.3 is 29.3 Å². The summed E-state index contributed by atoms with van der Waals surface area (Å²) in [5, 5.41) is 10.6. The van der Waals surface area contributed by atoms with Gasteiger partial charge >= 0.3 is 5.97 Å². The van der Waals surface area contributed by atoms with Crippen molar-refractivity contribution >= 4 is 29.2 Å². The summed E-state index contributed by atoms with van der Waals surface area (Å²) in [5.41, 5.74) is -0.359. The fourth-order valence-electron chi connectivity index (χ4n) is 7.44. The zero-order chi connectivity index (χ0) is 30.1. The van der Waals surface area contributed by atoms with Gasteiger partial charge in [0.15, 0.2) is 0 Å². The second-order valence-corrected chi connectivity index (χ2v) is 11.8. The van der Waals surface area contributed by atoms with Crippen LogP contribution < -0.4 is 9.80 Å². The lowest BCUT2D eigenvalue weighted by molar-refractivity contribution is -0.160. The highest BCUT2D eigenvalue weighted by Gasteiger charge is 2.79. The molecule has 3 fully saturated rings. The van der Waals surface area contributed by atoms with Crippen LogP contribution in [0.25, 0.3) is 0 Å². The minimum Gasteiger partial charge on any atom is -0.466 e. The van der Waals surface area contributed by atoms with E-state index in [0.717, 1.165) is 18.8 Å². The predicted molar refractivity (Wildman–Crippen MR) is 159 cm³/mol. The molecule has 3 saturated heterocycles. The maximum absolute atomic E-state index is 14.8. The molecule has 0 radical (unpaired) electrons. The Labute approximate surface area is 244 Å². The molecule has 2 amide bonds. The highest BCUT2D eigenvalue weighted by molar-refractivity contribution is 6.05. The van der Waals surface area contributed by atoms with Crippen LogP contribution in [0.4, 0.5) is 11.4 Å². The zero-order valence-corrected chi connectivity index (χ0v) is 25.5. The topological polar surface area (TPSA) is 99.6 Å². The summed E-state index contributed by atoms with van der Waals surface area (Å²) in [6, 6.07) is 6.22. The van der Waals surface area contributed by atoms with Crippen molar-refractivity contribution < 1.29 is 29.0 Å². The van der Waals surface area contributed by atoms with Gasteiger partial charge in [-0.3, -0.25) is 14.4 Å². The minimum atomic E-state index is -1.19. The molecule has 0 saturated carbocycles. The maximum atomic E-state index is 14.8. The van der Waals surface area contributed by atoms with Gasteiger partial charge in [-0.05, 0) is 70.7 Å². The quantitative estimate of drug-likeness (QED) is 0.285. The molecule has 1 N–H and O–H groups in total. The van der Waals surface area contributed by atoms with E-state index in [0.29, 0.717) is 24.9 Å². The summed E-state index contributed by atoms with van der Waals surface area (Å²) in [6.07, 6.45) is 3.37. The van der Waals surface area contributed by atoms with E-state index in [2.05, 4.69) is 25.3 Å². The number of benzene rings is 1. The van der Waals surface area contributed by atoms with E-state index in [1.807, 2.05) is 45.0 Å². The molecule has 3 heterocycles. The molecule has 1 spiro atoms. The highest BCUT2D eigenvalue weighted by Crippen LogP contribution is 2.64. The average Bonchev–Trinajstić information content (AvgIpc) is 3.54. The average molecular weight is 570 g/mol. The standard InChI is InChI=1S/C32H47N3O6/c1-8-19-34(23-15-13-22(14-16-23)33(10-3)11-4)29(38)27-32-18-17-31(7,41-32)26(30(39)40-12-5)25(32)28(37)35(27)24(20-36)21(6)9-2/h8,13-16,21,24-27,36H,1,9-12,17-20H2,2-7H3/t21-,24-,25-,26+,27?,31-,32?/m0/s1. The number of hydrogen-bond donors (Lipinski definition) is 1. The largest absolute Gasteiger partial charge is 0.466 e. The minimum absolute atomic E-state index is 0.0792. The van der Waals surface area contributed by atoms with Crippen molar-refractivity contribution in [2.45, 2.75) is 84.1 Å². The number of esters is 1. The molecule has 0 aliphatic carbocycles. The maximum Gasteiger partial charge on any atom is 0.312 e. The molecule has 3 aliphatic heterocycles. The molecular formula is C32H47N3O6. The van der Waals surface area contributed by atoms with Crippen LogP contribution in [-0.4, -0.2) is 83.9 Å². The van der Waals surface area contributed by atoms with E-state index >= 15 is 0 Å². The van der Waals surface area contributed by atoms with E-state index in [4.69, 9.17) is 9.47 Å². The van der Waals surface area contributed by atoms with Gasteiger partial charge in [-0.15, -0.1) is 6.58 Å². The fraction of sp³-hybridized carbons (Fsp3) is 0.656. The number of fused-ring (bicyclic) bond motifs is 1. The van der Waals surface area contributed by atoms with Gasteiger partial charge in [0.1, 0.15) is 17.6 Å². The Balaban J connectivity index is 1.82. The highest BCUT2D eigenvalue weighted by atomic mass is 16.6. The van der Waals surface area contributed by atoms with Crippen molar-refractivity contribution in [2.75, 3.05) is 42.6 Å². The molecule has 3 aliphatic rings. The SMILES string of the molecule is C=CCN(C(=O)C1N([C@@H](CO)[C@@H](C)CC)C(=O)[C@@H]2[C@H](C(=O)OCC)[C@]3(C)CCC12O3)c1ccc(N(CC)CC)cc1. The number of carbonyl (C=O) groups excluding carboxylic acids is 3. The summed E-state index contributed by atoms with van der Waals surface area (Å²) in [7, 11) is 0. The van der Waals surface area contributed by atoms with Crippen LogP contribution in [0.15, 0.2) is 36.9 Å². The van der Waals surface area contributed by atoms with E-state index in [1.54, 1.807) is 22.8 Å². The van der Waals surface area contributed by atoms with Gasteiger partial charge in [-0.1, -0.05) is 26.3 Å². The van der Waals surface area contributed by atoms with Crippen molar-refractivity contribution in [3.63, 3.8) is 0 Å². The van der Waals surface area contributed by atoms with E-state index in [1.165, 1.54) is 0 Å². The lowest BCUT2D eigenvalue weighted by Crippen LogP contribution is -2.60.